The van der Waals surface area contributed by atoms with Crippen LogP contribution in [-0.2, 0) is 16.0 Å². The lowest BCUT2D eigenvalue weighted by Gasteiger charge is -2.32. The molecule has 0 radical (unpaired) electrons. The minimum absolute atomic E-state index is 0.00191. The number of aryl methyl sites for hydroxylation is 1. The summed E-state index contributed by atoms with van der Waals surface area (Å²) in [7, 11) is 0. The maximum absolute atomic E-state index is 12.9. The Morgan fingerprint density at radius 2 is 2.26 bits per heavy atom. The molecule has 122 valence electrons. The van der Waals surface area contributed by atoms with Gasteiger partial charge in [-0.05, 0) is 19.8 Å². The molecule has 2 aliphatic heterocycles. The summed E-state index contributed by atoms with van der Waals surface area (Å²) >= 11 is 1.41. The van der Waals surface area contributed by atoms with E-state index in [1.165, 1.54) is 11.3 Å². The third kappa shape index (κ3) is 3.16. The normalized spacial score (nSPS) is 21.7. The van der Waals surface area contributed by atoms with Crippen LogP contribution in [0.5, 0.6) is 0 Å². The minimum atomic E-state index is -0.308. The van der Waals surface area contributed by atoms with E-state index in [1.54, 1.807) is 11.1 Å². The van der Waals surface area contributed by atoms with Crippen LogP contribution in [0.1, 0.15) is 18.2 Å². The van der Waals surface area contributed by atoms with E-state index in [0.717, 1.165) is 17.7 Å². The van der Waals surface area contributed by atoms with Crippen molar-refractivity contribution in [1.29, 1.82) is 5.26 Å². The lowest BCUT2D eigenvalue weighted by Crippen LogP contribution is -2.43. The summed E-state index contributed by atoms with van der Waals surface area (Å²) < 4.78 is 5.29. The zero-order valence-corrected chi connectivity index (χ0v) is 13.8. The monoisotopic (exact) mass is 333 g/mol. The van der Waals surface area contributed by atoms with E-state index in [1.807, 2.05) is 17.9 Å². The van der Waals surface area contributed by atoms with E-state index >= 15 is 0 Å². The van der Waals surface area contributed by atoms with Crippen molar-refractivity contribution in [2.75, 3.05) is 36.9 Å². The first-order chi connectivity index (χ1) is 11.1. The number of nitrogens with zero attached hydrogens (tertiary/aromatic N) is 4. The Bertz CT molecular complexity index is 672. The molecule has 3 rings (SSSR count). The van der Waals surface area contributed by atoms with Crippen LogP contribution < -0.4 is 10.6 Å². The van der Waals surface area contributed by atoms with Crippen LogP contribution in [0.15, 0.2) is 11.8 Å². The van der Waals surface area contributed by atoms with Gasteiger partial charge in [-0.25, -0.2) is 4.98 Å². The van der Waals surface area contributed by atoms with Crippen molar-refractivity contribution in [2.45, 2.75) is 25.8 Å². The number of thiazole rings is 1. The molecule has 8 heteroatoms. The predicted molar refractivity (Wildman–Crippen MR) is 87.9 cm³/mol. The van der Waals surface area contributed by atoms with Gasteiger partial charge in [-0.3, -0.25) is 9.69 Å². The molecule has 0 spiro atoms. The Kier molecular flexibility index (Phi) is 4.50. The van der Waals surface area contributed by atoms with E-state index < -0.39 is 0 Å². The number of aromatic nitrogens is 1. The summed E-state index contributed by atoms with van der Waals surface area (Å²) in [5.41, 5.74) is 5.92. The fraction of sp³-hybridized carbons (Fsp3) is 0.533. The molecular formula is C15H19N5O2S. The summed E-state index contributed by atoms with van der Waals surface area (Å²) in [4.78, 5) is 21.8. The Labute approximate surface area is 138 Å². The minimum Gasteiger partial charge on any atom is -0.378 e. The van der Waals surface area contributed by atoms with Crippen molar-refractivity contribution in [1.82, 2.24) is 9.88 Å². The van der Waals surface area contributed by atoms with E-state index in [0.29, 0.717) is 37.3 Å². The van der Waals surface area contributed by atoms with Crippen molar-refractivity contribution in [3.05, 3.63) is 16.7 Å². The first-order valence-corrected chi connectivity index (χ1v) is 8.44. The van der Waals surface area contributed by atoms with Gasteiger partial charge in [-0.15, -0.1) is 11.3 Å². The van der Waals surface area contributed by atoms with Crippen molar-refractivity contribution in [3.8, 4) is 6.07 Å². The van der Waals surface area contributed by atoms with E-state index in [2.05, 4.69) is 4.98 Å². The molecule has 1 aromatic heterocycles. The maximum Gasteiger partial charge on any atom is 0.271 e. The zero-order valence-electron chi connectivity index (χ0n) is 13.0. The van der Waals surface area contributed by atoms with Crippen LogP contribution in [0.3, 0.4) is 0 Å². The zero-order chi connectivity index (χ0) is 16.4. The summed E-state index contributed by atoms with van der Waals surface area (Å²) in [6.45, 7) is 4.55. The molecule has 2 aliphatic rings. The third-order valence-electron chi connectivity index (χ3n) is 4.08. The SMILES string of the molecule is CC1CCc2sc(N)nc2N1C(=O)/C(C#N)=C/N1CCOCC1. The topological polar surface area (TPSA) is 95.5 Å². The number of anilines is 2. The number of ether oxygens (including phenoxy) is 1. The van der Waals surface area contributed by atoms with Crippen molar-refractivity contribution >= 4 is 28.2 Å². The van der Waals surface area contributed by atoms with Crippen LogP contribution in [0.4, 0.5) is 10.9 Å². The number of nitriles is 1. The van der Waals surface area contributed by atoms with E-state index in [4.69, 9.17) is 10.5 Å². The van der Waals surface area contributed by atoms with Crippen LogP contribution in [0, 0.1) is 11.3 Å². The lowest BCUT2D eigenvalue weighted by atomic mass is 10.0. The molecule has 2 N–H and O–H groups in total. The predicted octanol–water partition coefficient (Wildman–Crippen LogP) is 1.13. The van der Waals surface area contributed by atoms with Gasteiger partial charge in [-0.2, -0.15) is 5.26 Å². The molecule has 0 aromatic carbocycles. The number of fused-ring (bicyclic) bond motifs is 1. The number of carbonyl (C=O) groups excluding carboxylic acids is 1. The Morgan fingerprint density at radius 3 is 2.96 bits per heavy atom. The average Bonchev–Trinajstić information content (AvgIpc) is 2.93. The number of amides is 1. The Balaban J connectivity index is 1.88. The second-order valence-electron chi connectivity index (χ2n) is 5.66. The molecule has 1 saturated heterocycles. The number of morpholine rings is 1. The van der Waals surface area contributed by atoms with Gasteiger partial charge in [0, 0.05) is 25.3 Å². The number of nitrogen functional groups attached to an aromatic ring is 1. The second kappa shape index (κ2) is 6.56. The lowest BCUT2D eigenvalue weighted by molar-refractivity contribution is -0.115. The highest BCUT2D eigenvalue weighted by Crippen LogP contribution is 2.36. The van der Waals surface area contributed by atoms with Gasteiger partial charge >= 0.3 is 0 Å². The first kappa shape index (κ1) is 15.8. The quantitative estimate of drug-likeness (QED) is 0.644. The molecule has 1 atom stereocenters. The Morgan fingerprint density at radius 1 is 1.52 bits per heavy atom. The fourth-order valence-electron chi connectivity index (χ4n) is 2.84. The summed E-state index contributed by atoms with van der Waals surface area (Å²) in [5, 5.41) is 9.89. The first-order valence-electron chi connectivity index (χ1n) is 7.62. The largest absolute Gasteiger partial charge is 0.378 e. The van der Waals surface area contributed by atoms with Gasteiger partial charge in [0.1, 0.15) is 11.6 Å². The van der Waals surface area contributed by atoms with Gasteiger partial charge in [0.2, 0.25) is 0 Å². The highest BCUT2D eigenvalue weighted by atomic mass is 32.1. The van der Waals surface area contributed by atoms with Gasteiger partial charge in [0.05, 0.1) is 18.1 Å². The molecule has 23 heavy (non-hydrogen) atoms. The summed E-state index contributed by atoms with van der Waals surface area (Å²) in [6.07, 6.45) is 3.35. The molecule has 1 aromatic rings. The van der Waals surface area contributed by atoms with Crippen LogP contribution in [-0.4, -0.2) is 48.1 Å². The average molecular weight is 333 g/mol. The number of carbonyl (C=O) groups is 1. The molecule has 1 fully saturated rings. The highest BCUT2D eigenvalue weighted by Gasteiger charge is 2.33. The Hall–Kier alpha value is -2.11. The van der Waals surface area contributed by atoms with Crippen LogP contribution >= 0.6 is 11.3 Å². The van der Waals surface area contributed by atoms with Gasteiger partial charge < -0.3 is 15.4 Å². The number of hydrogen-bond donors (Lipinski definition) is 1. The summed E-state index contributed by atoms with van der Waals surface area (Å²) in [5.74, 6) is 0.303. The fourth-order valence-corrected chi connectivity index (χ4v) is 3.68. The molecule has 7 nitrogen and oxygen atoms in total. The molecule has 0 saturated carbocycles. The molecular weight excluding hydrogens is 314 g/mol. The summed E-state index contributed by atoms with van der Waals surface area (Å²) in [6, 6.07) is 2.03. The standard InChI is InChI=1S/C15H19N5O2S/c1-10-2-3-12-13(18-15(17)23-12)20(10)14(21)11(8-16)9-19-4-6-22-7-5-19/h9-10H,2-7H2,1H3,(H2,17,18)/b11-9+. The van der Waals surface area contributed by atoms with E-state index in [-0.39, 0.29) is 17.5 Å². The van der Waals surface area contributed by atoms with Crippen LogP contribution in [0.25, 0.3) is 0 Å². The van der Waals surface area contributed by atoms with Gasteiger partial charge in [0.15, 0.2) is 10.9 Å². The number of hydrogen-bond acceptors (Lipinski definition) is 7. The van der Waals surface area contributed by atoms with Crippen molar-refractivity contribution < 1.29 is 9.53 Å². The number of rotatable bonds is 2. The highest BCUT2D eigenvalue weighted by molar-refractivity contribution is 7.15. The second-order valence-corrected chi connectivity index (χ2v) is 6.78. The molecule has 3 heterocycles. The van der Waals surface area contributed by atoms with Crippen molar-refractivity contribution in [3.63, 3.8) is 0 Å². The van der Waals surface area contributed by atoms with Gasteiger partial charge in [0.25, 0.3) is 5.91 Å². The van der Waals surface area contributed by atoms with Gasteiger partial charge in [-0.1, -0.05) is 0 Å². The van der Waals surface area contributed by atoms with E-state index in [9.17, 15) is 10.1 Å². The molecule has 0 bridgehead atoms. The van der Waals surface area contributed by atoms with Crippen molar-refractivity contribution in [2.24, 2.45) is 0 Å². The molecule has 0 aliphatic carbocycles. The number of nitrogens with two attached hydrogens (primary N) is 1. The third-order valence-corrected chi connectivity index (χ3v) is 5.01. The smallest absolute Gasteiger partial charge is 0.271 e. The molecule has 1 amide bonds. The molecule has 1 unspecified atom stereocenters. The maximum atomic E-state index is 12.9. The van der Waals surface area contributed by atoms with Crippen LogP contribution in [0.2, 0.25) is 0 Å².